The van der Waals surface area contributed by atoms with Crippen molar-refractivity contribution in [1.29, 1.82) is 0 Å². The predicted molar refractivity (Wildman–Crippen MR) is 90.7 cm³/mol. The van der Waals surface area contributed by atoms with Crippen LogP contribution >= 0.6 is 0 Å². The van der Waals surface area contributed by atoms with Gasteiger partial charge in [0.1, 0.15) is 22.8 Å². The molecule has 0 aromatic carbocycles. The molecule has 134 valence electrons. The highest BCUT2D eigenvalue weighted by atomic mass is 16.4. The summed E-state index contributed by atoms with van der Waals surface area (Å²) >= 11 is 0. The minimum Gasteiger partial charge on any atom is -0.478 e. The number of carbonyl (C=O) groups excluding carboxylic acids is 1. The number of carbonyl (C=O) groups is 2. The standard InChI is InChI=1S/C19H23NO5/c1-3-15-13(19(22)23)11-17(25-15)18(21)20-10-6-4-5-7-14(20)16-9-8-12(2)24-16/h8-9,11,14H,3-7,10H2,1-2H3,(H,22,23). The first-order chi connectivity index (χ1) is 12.0. The van der Waals surface area contributed by atoms with Gasteiger partial charge in [0.15, 0.2) is 5.76 Å². The van der Waals surface area contributed by atoms with E-state index in [1.807, 2.05) is 19.1 Å². The highest BCUT2D eigenvalue weighted by Gasteiger charge is 2.32. The number of hydrogen-bond donors (Lipinski definition) is 1. The van der Waals surface area contributed by atoms with Gasteiger partial charge in [-0.2, -0.15) is 0 Å². The van der Waals surface area contributed by atoms with E-state index in [2.05, 4.69) is 0 Å². The van der Waals surface area contributed by atoms with Crippen LogP contribution in [0.25, 0.3) is 0 Å². The lowest BCUT2D eigenvalue weighted by Crippen LogP contribution is -2.34. The van der Waals surface area contributed by atoms with Gasteiger partial charge in [-0.05, 0) is 31.9 Å². The number of carboxylic acid groups (broad SMARTS) is 1. The Bertz CT molecular complexity index is 773. The van der Waals surface area contributed by atoms with Crippen LogP contribution in [0.5, 0.6) is 0 Å². The van der Waals surface area contributed by atoms with Crippen molar-refractivity contribution in [2.24, 2.45) is 0 Å². The van der Waals surface area contributed by atoms with E-state index in [4.69, 9.17) is 8.83 Å². The summed E-state index contributed by atoms with van der Waals surface area (Å²) in [6, 6.07) is 5.01. The van der Waals surface area contributed by atoms with Crippen molar-refractivity contribution in [2.45, 2.75) is 52.0 Å². The van der Waals surface area contributed by atoms with E-state index < -0.39 is 5.97 Å². The van der Waals surface area contributed by atoms with Gasteiger partial charge in [0, 0.05) is 19.0 Å². The molecule has 1 amide bonds. The van der Waals surface area contributed by atoms with Crippen molar-refractivity contribution in [3.05, 3.63) is 46.8 Å². The molecule has 3 rings (SSSR count). The Hall–Kier alpha value is -2.50. The van der Waals surface area contributed by atoms with E-state index in [0.29, 0.717) is 18.7 Å². The van der Waals surface area contributed by atoms with Crippen LogP contribution in [0, 0.1) is 6.92 Å². The summed E-state index contributed by atoms with van der Waals surface area (Å²) in [6.07, 6.45) is 4.24. The molecular formula is C19H23NO5. The molecule has 25 heavy (non-hydrogen) atoms. The zero-order chi connectivity index (χ0) is 18.0. The molecule has 1 atom stereocenters. The van der Waals surface area contributed by atoms with Gasteiger partial charge in [-0.15, -0.1) is 0 Å². The van der Waals surface area contributed by atoms with E-state index in [9.17, 15) is 14.7 Å². The molecule has 1 saturated heterocycles. The fourth-order valence-electron chi connectivity index (χ4n) is 3.40. The summed E-state index contributed by atoms with van der Waals surface area (Å²) < 4.78 is 11.3. The fraction of sp³-hybridized carbons (Fsp3) is 0.474. The monoisotopic (exact) mass is 345 g/mol. The normalized spacial score (nSPS) is 18.2. The second-order valence-corrected chi connectivity index (χ2v) is 6.42. The molecule has 3 heterocycles. The molecule has 0 saturated carbocycles. The first kappa shape index (κ1) is 17.3. The third kappa shape index (κ3) is 3.48. The Labute approximate surface area is 146 Å². The van der Waals surface area contributed by atoms with Crippen LogP contribution in [0.15, 0.2) is 27.0 Å². The first-order valence-corrected chi connectivity index (χ1v) is 8.74. The Morgan fingerprint density at radius 3 is 2.64 bits per heavy atom. The first-order valence-electron chi connectivity index (χ1n) is 8.74. The van der Waals surface area contributed by atoms with Crippen molar-refractivity contribution in [1.82, 2.24) is 4.90 Å². The lowest BCUT2D eigenvalue weighted by Gasteiger charge is -2.27. The smallest absolute Gasteiger partial charge is 0.339 e. The van der Waals surface area contributed by atoms with Crippen LogP contribution < -0.4 is 0 Å². The number of carboxylic acids is 1. The minimum atomic E-state index is -1.08. The zero-order valence-corrected chi connectivity index (χ0v) is 14.6. The molecule has 1 fully saturated rings. The number of likely N-dealkylation sites (tertiary alicyclic amines) is 1. The molecule has 1 N–H and O–H groups in total. The second-order valence-electron chi connectivity index (χ2n) is 6.42. The van der Waals surface area contributed by atoms with Crippen LogP contribution in [0.3, 0.4) is 0 Å². The van der Waals surface area contributed by atoms with Gasteiger partial charge in [0.25, 0.3) is 5.91 Å². The van der Waals surface area contributed by atoms with E-state index >= 15 is 0 Å². The molecule has 0 radical (unpaired) electrons. The molecule has 1 aliphatic rings. The molecule has 0 bridgehead atoms. The summed E-state index contributed by atoms with van der Waals surface area (Å²) in [6.45, 7) is 4.29. The van der Waals surface area contributed by atoms with Crippen LogP contribution in [-0.4, -0.2) is 28.4 Å². The molecule has 2 aromatic rings. The van der Waals surface area contributed by atoms with Crippen LogP contribution in [0.1, 0.15) is 76.8 Å². The third-order valence-electron chi connectivity index (χ3n) is 4.67. The third-order valence-corrected chi connectivity index (χ3v) is 4.67. The van der Waals surface area contributed by atoms with Gasteiger partial charge in [-0.3, -0.25) is 4.79 Å². The molecular weight excluding hydrogens is 322 g/mol. The lowest BCUT2D eigenvalue weighted by atomic mass is 10.1. The summed E-state index contributed by atoms with van der Waals surface area (Å²) in [5.41, 5.74) is 0.0612. The maximum atomic E-state index is 13.0. The number of nitrogens with zero attached hydrogens (tertiary/aromatic N) is 1. The Morgan fingerprint density at radius 1 is 1.24 bits per heavy atom. The molecule has 0 aliphatic carbocycles. The Kier molecular flexibility index (Phi) is 4.97. The van der Waals surface area contributed by atoms with Gasteiger partial charge in [0.05, 0.1) is 6.04 Å². The minimum absolute atomic E-state index is 0.0612. The summed E-state index contributed by atoms with van der Waals surface area (Å²) in [5.74, 6) is 0.650. The Morgan fingerprint density at radius 2 is 2.04 bits per heavy atom. The van der Waals surface area contributed by atoms with Crippen molar-refractivity contribution < 1.29 is 23.5 Å². The van der Waals surface area contributed by atoms with Gasteiger partial charge in [-0.25, -0.2) is 4.79 Å². The number of rotatable bonds is 4. The van der Waals surface area contributed by atoms with Gasteiger partial charge in [-0.1, -0.05) is 19.8 Å². The van der Waals surface area contributed by atoms with Gasteiger partial charge in [0.2, 0.25) is 0 Å². The van der Waals surface area contributed by atoms with E-state index in [-0.39, 0.29) is 23.3 Å². The van der Waals surface area contributed by atoms with Crippen LogP contribution in [0.2, 0.25) is 0 Å². The topological polar surface area (TPSA) is 83.9 Å². The SMILES string of the molecule is CCc1oc(C(=O)N2CCCCCC2c2ccc(C)o2)cc1C(=O)O. The number of aromatic carboxylic acids is 1. The maximum absolute atomic E-state index is 13.0. The predicted octanol–water partition coefficient (Wildman–Crippen LogP) is 4.20. The van der Waals surface area contributed by atoms with Crippen molar-refractivity contribution >= 4 is 11.9 Å². The number of furan rings is 2. The molecule has 0 spiro atoms. The number of hydrogen-bond acceptors (Lipinski definition) is 4. The fourth-order valence-corrected chi connectivity index (χ4v) is 3.40. The van der Waals surface area contributed by atoms with Crippen LogP contribution in [0.4, 0.5) is 0 Å². The lowest BCUT2D eigenvalue weighted by molar-refractivity contribution is 0.0622. The van der Waals surface area contributed by atoms with Crippen molar-refractivity contribution in [2.75, 3.05) is 6.54 Å². The summed E-state index contributed by atoms with van der Waals surface area (Å²) in [7, 11) is 0. The average Bonchev–Trinajstić information content (AvgIpc) is 3.14. The summed E-state index contributed by atoms with van der Waals surface area (Å²) in [4.78, 5) is 26.1. The zero-order valence-electron chi connectivity index (χ0n) is 14.6. The molecule has 1 aliphatic heterocycles. The van der Waals surface area contributed by atoms with Crippen LogP contribution in [-0.2, 0) is 6.42 Å². The highest BCUT2D eigenvalue weighted by Crippen LogP contribution is 2.33. The number of amides is 1. The number of aryl methyl sites for hydroxylation is 2. The molecule has 6 heteroatoms. The van der Waals surface area contributed by atoms with E-state index in [1.54, 1.807) is 11.8 Å². The molecule has 1 unspecified atom stereocenters. The van der Waals surface area contributed by atoms with Crippen molar-refractivity contribution in [3.63, 3.8) is 0 Å². The van der Waals surface area contributed by atoms with Gasteiger partial charge >= 0.3 is 5.97 Å². The van der Waals surface area contributed by atoms with Gasteiger partial charge < -0.3 is 18.8 Å². The average molecular weight is 345 g/mol. The van der Waals surface area contributed by atoms with E-state index in [0.717, 1.165) is 37.2 Å². The Balaban J connectivity index is 1.93. The second kappa shape index (κ2) is 7.17. The summed E-state index contributed by atoms with van der Waals surface area (Å²) in [5, 5.41) is 9.28. The maximum Gasteiger partial charge on any atom is 0.339 e. The highest BCUT2D eigenvalue weighted by molar-refractivity contribution is 5.96. The van der Waals surface area contributed by atoms with E-state index in [1.165, 1.54) is 6.07 Å². The molecule has 2 aromatic heterocycles. The quantitative estimate of drug-likeness (QED) is 0.898. The van der Waals surface area contributed by atoms with Crippen molar-refractivity contribution in [3.8, 4) is 0 Å². The largest absolute Gasteiger partial charge is 0.478 e. The molecule has 6 nitrogen and oxygen atoms in total.